The van der Waals surface area contributed by atoms with Crippen LogP contribution in [-0.2, 0) is 4.79 Å². The van der Waals surface area contributed by atoms with Crippen LogP contribution in [0.25, 0.3) is 22.4 Å². The van der Waals surface area contributed by atoms with Crippen molar-refractivity contribution in [1.29, 1.82) is 0 Å². The van der Waals surface area contributed by atoms with Crippen molar-refractivity contribution < 1.29 is 18.7 Å². The van der Waals surface area contributed by atoms with E-state index in [1.807, 2.05) is 19.1 Å². The molecular weight excluding hydrogens is 388 g/mol. The van der Waals surface area contributed by atoms with Gasteiger partial charge in [0.2, 0.25) is 5.95 Å². The molecule has 0 bridgehead atoms. The number of fused-ring (bicyclic) bond motifs is 1. The third-order valence-corrected chi connectivity index (χ3v) is 4.39. The van der Waals surface area contributed by atoms with Crippen LogP contribution in [-0.4, -0.2) is 34.8 Å². The number of anilines is 1. The van der Waals surface area contributed by atoms with Crippen LogP contribution in [0.1, 0.15) is 5.56 Å². The van der Waals surface area contributed by atoms with E-state index in [0.29, 0.717) is 17.2 Å². The number of aryl methyl sites for hydroxylation is 1. The van der Waals surface area contributed by atoms with Crippen LogP contribution in [0.15, 0.2) is 57.7 Å². The molecule has 4 aromatic rings. The average Bonchev–Trinajstić information content (AvgIpc) is 3.20. The standard InChI is InChI=1S/C21H18N4O5/c1-12-9-19(27)30-17-10-15(7-8-16(12)17)29-11-18(26)22-21-23-20(24-25-21)13-3-5-14(28-2)6-4-13/h3-10H,11H2,1-2H3,(H2,22,23,24,25,26). The van der Waals surface area contributed by atoms with Gasteiger partial charge in [0.1, 0.15) is 17.1 Å². The minimum Gasteiger partial charge on any atom is -0.497 e. The highest BCUT2D eigenvalue weighted by atomic mass is 16.5. The zero-order valence-electron chi connectivity index (χ0n) is 16.3. The van der Waals surface area contributed by atoms with Gasteiger partial charge in [-0.2, -0.15) is 4.98 Å². The second kappa shape index (κ2) is 8.08. The summed E-state index contributed by atoms with van der Waals surface area (Å²) in [4.78, 5) is 27.9. The van der Waals surface area contributed by atoms with Crippen molar-refractivity contribution >= 4 is 22.8 Å². The lowest BCUT2D eigenvalue weighted by molar-refractivity contribution is -0.118. The lowest BCUT2D eigenvalue weighted by Gasteiger charge is -2.07. The Balaban J connectivity index is 1.39. The first-order valence-corrected chi connectivity index (χ1v) is 9.06. The monoisotopic (exact) mass is 406 g/mol. The number of nitrogens with one attached hydrogen (secondary N) is 2. The number of aromatic amines is 1. The number of ether oxygens (including phenoxy) is 2. The Kier molecular flexibility index (Phi) is 5.17. The van der Waals surface area contributed by atoms with Gasteiger partial charge in [-0.05, 0) is 48.9 Å². The fraction of sp³-hybridized carbons (Fsp3) is 0.143. The van der Waals surface area contributed by atoms with E-state index in [-0.39, 0.29) is 12.6 Å². The molecule has 0 atom stereocenters. The highest BCUT2D eigenvalue weighted by Crippen LogP contribution is 2.22. The molecule has 0 fully saturated rings. The van der Waals surface area contributed by atoms with Gasteiger partial charge in [-0.15, -0.1) is 5.10 Å². The molecule has 2 heterocycles. The van der Waals surface area contributed by atoms with Crippen molar-refractivity contribution in [2.45, 2.75) is 6.92 Å². The van der Waals surface area contributed by atoms with E-state index in [0.717, 1.165) is 22.3 Å². The largest absolute Gasteiger partial charge is 0.497 e. The Labute approximate surface area is 170 Å². The van der Waals surface area contributed by atoms with Crippen LogP contribution < -0.4 is 20.4 Å². The number of benzene rings is 2. The highest BCUT2D eigenvalue weighted by Gasteiger charge is 2.11. The fourth-order valence-electron chi connectivity index (χ4n) is 2.90. The number of amides is 1. The molecule has 0 saturated heterocycles. The van der Waals surface area contributed by atoms with E-state index >= 15 is 0 Å². The molecule has 0 saturated carbocycles. The van der Waals surface area contributed by atoms with E-state index in [1.165, 1.54) is 6.07 Å². The fourth-order valence-corrected chi connectivity index (χ4v) is 2.90. The lowest BCUT2D eigenvalue weighted by atomic mass is 10.1. The zero-order valence-corrected chi connectivity index (χ0v) is 16.3. The van der Waals surface area contributed by atoms with Crippen LogP contribution in [0.4, 0.5) is 5.95 Å². The summed E-state index contributed by atoms with van der Waals surface area (Å²) in [6, 6.07) is 13.7. The van der Waals surface area contributed by atoms with Gasteiger partial charge in [0, 0.05) is 23.1 Å². The second-order valence-electron chi connectivity index (χ2n) is 6.48. The van der Waals surface area contributed by atoms with E-state index in [1.54, 1.807) is 37.4 Å². The smallest absolute Gasteiger partial charge is 0.336 e. The van der Waals surface area contributed by atoms with Gasteiger partial charge in [0.25, 0.3) is 5.91 Å². The quantitative estimate of drug-likeness (QED) is 0.473. The molecule has 1 amide bonds. The van der Waals surface area contributed by atoms with Crippen molar-refractivity contribution in [1.82, 2.24) is 15.2 Å². The third-order valence-electron chi connectivity index (χ3n) is 4.39. The number of hydrogen-bond donors (Lipinski definition) is 2. The minimum atomic E-state index is -0.438. The maximum absolute atomic E-state index is 12.2. The van der Waals surface area contributed by atoms with E-state index in [4.69, 9.17) is 13.9 Å². The molecule has 0 spiro atoms. The molecule has 0 aliphatic rings. The zero-order chi connectivity index (χ0) is 21.1. The average molecular weight is 406 g/mol. The maximum Gasteiger partial charge on any atom is 0.336 e. The molecular formula is C21H18N4O5. The molecule has 9 nitrogen and oxygen atoms in total. The number of carbonyl (C=O) groups excluding carboxylic acids is 1. The number of carbonyl (C=O) groups is 1. The third kappa shape index (κ3) is 4.14. The molecule has 152 valence electrons. The number of methoxy groups -OCH3 is 1. The molecule has 2 aromatic carbocycles. The predicted molar refractivity (Wildman–Crippen MR) is 110 cm³/mol. The van der Waals surface area contributed by atoms with Gasteiger partial charge < -0.3 is 13.9 Å². The van der Waals surface area contributed by atoms with Crippen LogP contribution in [0, 0.1) is 6.92 Å². The Morgan fingerprint density at radius 1 is 1.13 bits per heavy atom. The number of H-pyrrole nitrogens is 1. The van der Waals surface area contributed by atoms with Crippen molar-refractivity contribution in [3.8, 4) is 22.9 Å². The summed E-state index contributed by atoms with van der Waals surface area (Å²) in [7, 11) is 1.59. The van der Waals surface area contributed by atoms with Crippen LogP contribution in [0.2, 0.25) is 0 Å². The SMILES string of the molecule is COc1ccc(-c2nc(NC(=O)COc3ccc4c(C)cc(=O)oc4c3)n[nH]2)cc1. The van der Waals surface area contributed by atoms with Gasteiger partial charge in [0.15, 0.2) is 12.4 Å². The first-order chi connectivity index (χ1) is 14.5. The summed E-state index contributed by atoms with van der Waals surface area (Å²) in [5.41, 5.74) is 1.57. The molecule has 30 heavy (non-hydrogen) atoms. The van der Waals surface area contributed by atoms with Crippen LogP contribution >= 0.6 is 0 Å². The van der Waals surface area contributed by atoms with Gasteiger partial charge in [-0.25, -0.2) is 4.79 Å². The summed E-state index contributed by atoms with van der Waals surface area (Å²) in [5, 5.41) is 10.1. The molecule has 9 heteroatoms. The molecule has 0 radical (unpaired) electrons. The summed E-state index contributed by atoms with van der Waals surface area (Å²) < 4.78 is 15.8. The molecule has 0 aliphatic carbocycles. The molecule has 0 unspecified atom stereocenters. The van der Waals surface area contributed by atoms with Crippen molar-refractivity contribution in [3.63, 3.8) is 0 Å². The summed E-state index contributed by atoms with van der Waals surface area (Å²) in [5.74, 6) is 1.34. The lowest BCUT2D eigenvalue weighted by Crippen LogP contribution is -2.20. The number of hydrogen-bond acceptors (Lipinski definition) is 7. The molecule has 4 rings (SSSR count). The van der Waals surface area contributed by atoms with Gasteiger partial charge in [0.05, 0.1) is 7.11 Å². The topological polar surface area (TPSA) is 119 Å². The Hall–Kier alpha value is -4.14. The Morgan fingerprint density at radius 3 is 2.67 bits per heavy atom. The van der Waals surface area contributed by atoms with Crippen LogP contribution in [0.3, 0.4) is 0 Å². The van der Waals surface area contributed by atoms with Gasteiger partial charge in [-0.3, -0.25) is 15.2 Å². The molecule has 2 N–H and O–H groups in total. The molecule has 2 aromatic heterocycles. The van der Waals surface area contributed by atoms with E-state index in [2.05, 4.69) is 20.5 Å². The Morgan fingerprint density at radius 2 is 1.90 bits per heavy atom. The summed E-state index contributed by atoms with van der Waals surface area (Å²) >= 11 is 0. The van der Waals surface area contributed by atoms with E-state index in [9.17, 15) is 9.59 Å². The first kappa shape index (κ1) is 19.2. The predicted octanol–water partition coefficient (Wildman–Crippen LogP) is 2.91. The molecule has 0 aliphatic heterocycles. The minimum absolute atomic E-state index is 0.134. The second-order valence-corrected chi connectivity index (χ2v) is 6.48. The van der Waals surface area contributed by atoms with Crippen molar-refractivity contribution in [2.24, 2.45) is 0 Å². The van der Waals surface area contributed by atoms with Crippen molar-refractivity contribution in [3.05, 3.63) is 64.5 Å². The first-order valence-electron chi connectivity index (χ1n) is 9.06. The maximum atomic E-state index is 12.2. The highest BCUT2D eigenvalue weighted by molar-refractivity contribution is 5.90. The number of aromatic nitrogens is 3. The van der Waals surface area contributed by atoms with Crippen molar-refractivity contribution in [2.75, 3.05) is 19.0 Å². The number of nitrogens with zero attached hydrogens (tertiary/aromatic N) is 2. The van der Waals surface area contributed by atoms with Crippen LogP contribution in [0.5, 0.6) is 11.5 Å². The summed E-state index contributed by atoms with van der Waals surface area (Å²) in [6.45, 7) is 1.57. The van der Waals surface area contributed by atoms with Gasteiger partial charge >= 0.3 is 5.63 Å². The Bertz CT molecular complexity index is 1260. The summed E-state index contributed by atoms with van der Waals surface area (Å²) in [6.07, 6.45) is 0. The van der Waals surface area contributed by atoms with Gasteiger partial charge in [-0.1, -0.05) is 0 Å². The number of rotatable bonds is 6. The van der Waals surface area contributed by atoms with E-state index < -0.39 is 11.5 Å². The normalized spacial score (nSPS) is 10.7.